The van der Waals surface area contributed by atoms with Crippen LogP contribution in [0.1, 0.15) is 180 Å². The summed E-state index contributed by atoms with van der Waals surface area (Å²) in [6.45, 7) is 0.536. The van der Waals surface area contributed by atoms with Gasteiger partial charge in [0.05, 0.1) is 0 Å². The Morgan fingerprint density at radius 3 is 1.12 bits per heavy atom. The number of nitrogens with one attached hydrogen (secondary N) is 1. The molecule has 332 valence electrons. The van der Waals surface area contributed by atoms with E-state index in [-0.39, 0.29) is 63.6 Å². The molecule has 0 amide bonds. The Morgan fingerprint density at radius 2 is 0.776 bits per heavy atom. The Labute approximate surface area is 347 Å². The van der Waals surface area contributed by atoms with E-state index in [1.54, 1.807) is 0 Å². The van der Waals surface area contributed by atoms with Gasteiger partial charge in [-0.05, 0) is 82.2 Å². The Morgan fingerprint density at radius 1 is 0.448 bits per heavy atom. The maximum absolute atomic E-state index is 12.8. The van der Waals surface area contributed by atoms with E-state index in [1.807, 2.05) is 0 Å². The van der Waals surface area contributed by atoms with Crippen LogP contribution in [0.15, 0.2) is 0 Å². The molecule has 0 aromatic carbocycles. The molecular weight excluding hydrogens is 746 g/mol. The van der Waals surface area contributed by atoms with Crippen LogP contribution in [0.2, 0.25) is 0 Å². The minimum atomic E-state index is -0.883. The van der Waals surface area contributed by atoms with Gasteiger partial charge in [-0.25, -0.2) is 0 Å². The molecule has 0 bridgehead atoms. The van der Waals surface area contributed by atoms with Crippen molar-refractivity contribution in [2.75, 3.05) is 39.5 Å². The molecule has 0 radical (unpaired) electrons. The van der Waals surface area contributed by atoms with Crippen molar-refractivity contribution in [2.45, 2.75) is 192 Å². The van der Waals surface area contributed by atoms with E-state index in [1.165, 1.54) is 96.3 Å². The summed E-state index contributed by atoms with van der Waals surface area (Å²) in [7, 11) is 0. The highest BCUT2D eigenvalue weighted by Crippen LogP contribution is 2.29. The van der Waals surface area contributed by atoms with Crippen LogP contribution in [0.25, 0.3) is 0 Å². The molecular formula is C45H75NO12. The molecule has 13 heteroatoms. The lowest BCUT2D eigenvalue weighted by molar-refractivity contribution is -0.167. The average Bonchev–Trinajstić information content (AvgIpc) is 3.23. The van der Waals surface area contributed by atoms with E-state index in [2.05, 4.69) is 5.32 Å². The van der Waals surface area contributed by atoms with Gasteiger partial charge in [-0.2, -0.15) is 0 Å². The molecule has 3 aliphatic rings. The topological polar surface area (TPSA) is 170 Å². The van der Waals surface area contributed by atoms with Crippen molar-refractivity contribution in [1.82, 2.24) is 5.32 Å². The van der Waals surface area contributed by atoms with Gasteiger partial charge >= 0.3 is 29.8 Å². The standard InChI is InChI=1S/C45H75NO12/c47-35-53-31-39(32-54-41(48)24-10-21-36-15-4-1-5-16-36)57-44(51)27-13-29-46-30-14-28-45(52)58-40(33-55-42(49)25-11-22-37-17-6-2-7-18-37)34-56-43(50)26-12-23-38-19-8-3-9-20-38/h35-40,46H,1-34H2. The number of esters is 5. The molecule has 3 fully saturated rings. The van der Waals surface area contributed by atoms with Crippen molar-refractivity contribution in [3.8, 4) is 0 Å². The van der Waals surface area contributed by atoms with Gasteiger partial charge in [-0.3, -0.25) is 28.8 Å². The minimum Gasteiger partial charge on any atom is -0.464 e. The molecule has 3 saturated carbocycles. The summed E-state index contributed by atoms with van der Waals surface area (Å²) in [5.41, 5.74) is 0. The van der Waals surface area contributed by atoms with Gasteiger partial charge in [0, 0.05) is 32.1 Å². The fourth-order valence-corrected chi connectivity index (χ4v) is 8.52. The fraction of sp³-hybridized carbons (Fsp3) is 0.867. The SMILES string of the molecule is O=COCC(COC(=O)CCCC1CCCCC1)OC(=O)CCCNCCCC(=O)OC(COC(=O)CCCC1CCCCC1)COC(=O)CCCC1CCCCC1. The monoisotopic (exact) mass is 822 g/mol. The molecule has 1 unspecified atom stereocenters. The van der Waals surface area contributed by atoms with E-state index in [0.29, 0.717) is 62.9 Å². The number of carbonyl (C=O) groups is 6. The predicted octanol–water partition coefficient (Wildman–Crippen LogP) is 8.01. The molecule has 13 nitrogen and oxygen atoms in total. The maximum Gasteiger partial charge on any atom is 0.306 e. The zero-order valence-corrected chi connectivity index (χ0v) is 35.4. The van der Waals surface area contributed by atoms with Gasteiger partial charge in [0.1, 0.15) is 26.4 Å². The smallest absolute Gasteiger partial charge is 0.306 e. The van der Waals surface area contributed by atoms with Crippen molar-refractivity contribution in [1.29, 1.82) is 0 Å². The van der Waals surface area contributed by atoms with Gasteiger partial charge in [0.15, 0.2) is 12.2 Å². The lowest BCUT2D eigenvalue weighted by atomic mass is 9.86. The summed E-state index contributed by atoms with van der Waals surface area (Å²) in [5.74, 6) is 0.0267. The number of hydrogen-bond acceptors (Lipinski definition) is 13. The summed E-state index contributed by atoms with van der Waals surface area (Å²) < 4.78 is 32.0. The van der Waals surface area contributed by atoms with Crippen LogP contribution in [-0.4, -0.2) is 88.0 Å². The molecule has 3 aliphatic carbocycles. The zero-order chi connectivity index (χ0) is 41.5. The highest BCUT2D eigenvalue weighted by atomic mass is 16.6. The lowest BCUT2D eigenvalue weighted by Gasteiger charge is -2.21. The number of ether oxygens (including phenoxy) is 6. The Kier molecular flexibility index (Phi) is 26.8. The second-order valence-electron chi connectivity index (χ2n) is 16.8. The van der Waals surface area contributed by atoms with Crippen molar-refractivity contribution < 1.29 is 57.2 Å². The van der Waals surface area contributed by atoms with Gasteiger partial charge in [-0.1, -0.05) is 96.3 Å². The van der Waals surface area contributed by atoms with E-state index in [4.69, 9.17) is 28.4 Å². The van der Waals surface area contributed by atoms with Crippen LogP contribution in [0.5, 0.6) is 0 Å². The van der Waals surface area contributed by atoms with Crippen LogP contribution in [0.3, 0.4) is 0 Å². The van der Waals surface area contributed by atoms with Gasteiger partial charge in [-0.15, -0.1) is 0 Å². The Bertz CT molecular complexity index is 1120. The van der Waals surface area contributed by atoms with Crippen LogP contribution in [-0.2, 0) is 57.2 Å². The molecule has 0 saturated heterocycles. The summed E-state index contributed by atoms with van der Waals surface area (Å²) in [6, 6.07) is 0. The van der Waals surface area contributed by atoms with Crippen LogP contribution >= 0.6 is 0 Å². The maximum atomic E-state index is 12.8. The van der Waals surface area contributed by atoms with Crippen molar-refractivity contribution >= 4 is 36.3 Å². The Hall–Kier alpha value is -3.22. The molecule has 58 heavy (non-hydrogen) atoms. The van der Waals surface area contributed by atoms with E-state index < -0.39 is 24.1 Å². The molecule has 0 aliphatic heterocycles. The second-order valence-corrected chi connectivity index (χ2v) is 16.8. The van der Waals surface area contributed by atoms with Crippen molar-refractivity contribution in [3.63, 3.8) is 0 Å². The highest BCUT2D eigenvalue weighted by molar-refractivity contribution is 5.71. The van der Waals surface area contributed by atoms with E-state index in [0.717, 1.165) is 38.5 Å². The zero-order valence-electron chi connectivity index (χ0n) is 35.4. The quantitative estimate of drug-likeness (QED) is 0.0309. The average molecular weight is 822 g/mol. The first-order valence-electron chi connectivity index (χ1n) is 22.9. The predicted molar refractivity (Wildman–Crippen MR) is 217 cm³/mol. The molecule has 0 aromatic heterocycles. The Balaban J connectivity index is 1.28. The first-order valence-corrected chi connectivity index (χ1v) is 22.9. The summed E-state index contributed by atoms with van der Waals surface area (Å²) in [5, 5.41) is 3.19. The molecule has 0 heterocycles. The first-order chi connectivity index (χ1) is 28.3. The van der Waals surface area contributed by atoms with E-state index in [9.17, 15) is 28.8 Å². The van der Waals surface area contributed by atoms with Crippen molar-refractivity contribution in [2.24, 2.45) is 17.8 Å². The second kappa shape index (κ2) is 31.7. The van der Waals surface area contributed by atoms with Gasteiger partial charge < -0.3 is 33.7 Å². The van der Waals surface area contributed by atoms with Crippen molar-refractivity contribution in [3.05, 3.63) is 0 Å². The molecule has 0 spiro atoms. The summed E-state index contributed by atoms with van der Waals surface area (Å²) in [6.07, 6.45) is 24.5. The molecule has 3 rings (SSSR count). The van der Waals surface area contributed by atoms with Crippen LogP contribution in [0.4, 0.5) is 0 Å². The number of carbonyl (C=O) groups excluding carboxylic acids is 6. The first kappa shape index (κ1) is 49.1. The molecule has 1 N–H and O–H groups in total. The highest BCUT2D eigenvalue weighted by Gasteiger charge is 2.22. The number of rotatable bonds is 31. The van der Waals surface area contributed by atoms with Crippen LogP contribution < -0.4 is 5.32 Å². The van der Waals surface area contributed by atoms with Gasteiger partial charge in [0.25, 0.3) is 6.47 Å². The van der Waals surface area contributed by atoms with Gasteiger partial charge in [0.2, 0.25) is 0 Å². The molecule has 1 atom stereocenters. The lowest BCUT2D eigenvalue weighted by Crippen LogP contribution is -2.31. The summed E-state index contributed by atoms with van der Waals surface area (Å²) >= 11 is 0. The largest absolute Gasteiger partial charge is 0.464 e. The number of hydrogen-bond donors (Lipinski definition) is 1. The van der Waals surface area contributed by atoms with E-state index >= 15 is 0 Å². The fourth-order valence-electron chi connectivity index (χ4n) is 8.52. The third-order valence-electron chi connectivity index (χ3n) is 11.9. The van der Waals surface area contributed by atoms with Crippen LogP contribution in [0, 0.1) is 17.8 Å². The third kappa shape index (κ3) is 24.6. The summed E-state index contributed by atoms with van der Waals surface area (Å²) in [4.78, 5) is 73.2. The minimum absolute atomic E-state index is 0.0995. The third-order valence-corrected chi connectivity index (χ3v) is 11.9. The normalized spacial score (nSPS) is 17.3. The molecule has 0 aromatic rings.